The topological polar surface area (TPSA) is 86.3 Å². The smallest absolute Gasteiger partial charge is 0.231 e. The zero-order valence-electron chi connectivity index (χ0n) is 16.1. The van der Waals surface area contributed by atoms with Gasteiger partial charge in [-0.25, -0.2) is 0 Å². The minimum atomic E-state index is -0.148. The standard InChI is InChI=1S/C21H22N2O6/c1-14(24)23(16-3-5-17-20(11-16)27-9-8-26-17)7-6-21(25)22-12-15-2-4-18-19(10-15)29-13-28-18/h2-5,10-11H,6-9,12-13H2,1H3,(H,22,25). The summed E-state index contributed by atoms with van der Waals surface area (Å²) in [6, 6.07) is 10.9. The first-order valence-corrected chi connectivity index (χ1v) is 9.43. The molecule has 2 amide bonds. The fourth-order valence-corrected chi connectivity index (χ4v) is 3.22. The Kier molecular flexibility index (Phi) is 5.41. The Morgan fingerprint density at radius 1 is 0.931 bits per heavy atom. The number of fused-ring (bicyclic) bond motifs is 2. The molecule has 2 aliphatic heterocycles. The third kappa shape index (κ3) is 4.37. The van der Waals surface area contributed by atoms with Crippen molar-refractivity contribution in [3.8, 4) is 23.0 Å². The van der Waals surface area contributed by atoms with Crippen molar-refractivity contribution in [2.45, 2.75) is 19.9 Å². The van der Waals surface area contributed by atoms with Crippen LogP contribution < -0.4 is 29.2 Å². The number of benzene rings is 2. The monoisotopic (exact) mass is 398 g/mol. The zero-order valence-corrected chi connectivity index (χ0v) is 16.1. The minimum absolute atomic E-state index is 0.147. The lowest BCUT2D eigenvalue weighted by atomic mass is 10.2. The quantitative estimate of drug-likeness (QED) is 0.803. The molecule has 0 spiro atoms. The molecule has 152 valence electrons. The molecule has 2 heterocycles. The summed E-state index contributed by atoms with van der Waals surface area (Å²) in [5.74, 6) is 2.35. The highest BCUT2D eigenvalue weighted by atomic mass is 16.7. The van der Waals surface area contributed by atoms with E-state index >= 15 is 0 Å². The molecule has 2 aromatic rings. The van der Waals surface area contributed by atoms with Gasteiger partial charge in [-0.15, -0.1) is 0 Å². The number of amides is 2. The zero-order chi connectivity index (χ0) is 20.2. The van der Waals surface area contributed by atoms with Crippen molar-refractivity contribution >= 4 is 17.5 Å². The van der Waals surface area contributed by atoms with Crippen LogP contribution in [0.3, 0.4) is 0 Å². The van der Waals surface area contributed by atoms with E-state index in [9.17, 15) is 9.59 Å². The number of ether oxygens (including phenoxy) is 4. The van der Waals surface area contributed by atoms with E-state index in [1.165, 1.54) is 6.92 Å². The summed E-state index contributed by atoms with van der Waals surface area (Å²) >= 11 is 0. The lowest BCUT2D eigenvalue weighted by Gasteiger charge is -2.24. The number of carbonyl (C=O) groups excluding carboxylic acids is 2. The van der Waals surface area contributed by atoms with Gasteiger partial charge in [0.1, 0.15) is 13.2 Å². The molecule has 8 heteroatoms. The molecular weight excluding hydrogens is 376 g/mol. The van der Waals surface area contributed by atoms with E-state index in [1.807, 2.05) is 18.2 Å². The number of carbonyl (C=O) groups is 2. The molecule has 29 heavy (non-hydrogen) atoms. The molecule has 0 bridgehead atoms. The van der Waals surface area contributed by atoms with Crippen LogP contribution >= 0.6 is 0 Å². The van der Waals surface area contributed by atoms with Crippen LogP contribution in [-0.4, -0.2) is 38.4 Å². The summed E-state index contributed by atoms with van der Waals surface area (Å²) in [6.45, 7) is 3.31. The average Bonchev–Trinajstić information content (AvgIpc) is 3.20. The maximum atomic E-state index is 12.3. The molecule has 0 unspecified atom stereocenters. The van der Waals surface area contributed by atoms with E-state index in [4.69, 9.17) is 18.9 Å². The van der Waals surface area contributed by atoms with Crippen LogP contribution in [0.25, 0.3) is 0 Å². The maximum Gasteiger partial charge on any atom is 0.231 e. The lowest BCUT2D eigenvalue weighted by molar-refractivity contribution is -0.121. The predicted octanol–water partition coefficient (Wildman–Crippen LogP) is 2.25. The highest BCUT2D eigenvalue weighted by Gasteiger charge is 2.18. The van der Waals surface area contributed by atoms with Crippen molar-refractivity contribution in [3.05, 3.63) is 42.0 Å². The molecule has 0 saturated carbocycles. The van der Waals surface area contributed by atoms with Gasteiger partial charge in [-0.2, -0.15) is 0 Å². The number of hydrogen-bond donors (Lipinski definition) is 1. The van der Waals surface area contributed by atoms with E-state index in [0.717, 1.165) is 5.56 Å². The second kappa shape index (κ2) is 8.30. The fourth-order valence-electron chi connectivity index (χ4n) is 3.22. The van der Waals surface area contributed by atoms with Gasteiger partial charge in [0, 0.05) is 38.2 Å². The second-order valence-corrected chi connectivity index (χ2v) is 6.71. The second-order valence-electron chi connectivity index (χ2n) is 6.71. The Morgan fingerprint density at radius 3 is 2.45 bits per heavy atom. The molecule has 0 radical (unpaired) electrons. The van der Waals surface area contributed by atoms with E-state index in [-0.39, 0.29) is 31.6 Å². The van der Waals surface area contributed by atoms with Crippen molar-refractivity contribution < 1.29 is 28.5 Å². The highest BCUT2D eigenvalue weighted by Crippen LogP contribution is 2.34. The van der Waals surface area contributed by atoms with Crippen LogP contribution in [0.15, 0.2) is 36.4 Å². The Balaban J connectivity index is 1.33. The number of rotatable bonds is 6. The molecule has 0 aliphatic carbocycles. The van der Waals surface area contributed by atoms with Gasteiger partial charge in [0.25, 0.3) is 0 Å². The summed E-state index contributed by atoms with van der Waals surface area (Å²) in [5.41, 5.74) is 1.59. The van der Waals surface area contributed by atoms with Crippen molar-refractivity contribution in [1.29, 1.82) is 0 Å². The third-order valence-corrected chi connectivity index (χ3v) is 4.71. The Morgan fingerprint density at radius 2 is 1.62 bits per heavy atom. The van der Waals surface area contributed by atoms with Gasteiger partial charge in [-0.3, -0.25) is 9.59 Å². The first-order valence-electron chi connectivity index (χ1n) is 9.43. The average molecular weight is 398 g/mol. The molecule has 4 rings (SSSR count). The molecule has 0 fully saturated rings. The molecule has 0 atom stereocenters. The van der Waals surface area contributed by atoms with Gasteiger partial charge in [0.15, 0.2) is 23.0 Å². The largest absolute Gasteiger partial charge is 0.486 e. The molecule has 2 aromatic carbocycles. The van der Waals surface area contributed by atoms with Crippen LogP contribution in [-0.2, 0) is 16.1 Å². The van der Waals surface area contributed by atoms with Gasteiger partial charge >= 0.3 is 0 Å². The van der Waals surface area contributed by atoms with Gasteiger partial charge in [-0.05, 0) is 29.8 Å². The molecule has 0 aromatic heterocycles. The predicted molar refractivity (Wildman–Crippen MR) is 104 cm³/mol. The van der Waals surface area contributed by atoms with Crippen molar-refractivity contribution in [2.24, 2.45) is 0 Å². The molecule has 2 aliphatic rings. The molecule has 1 N–H and O–H groups in total. The Labute approximate surface area is 168 Å². The fraction of sp³-hybridized carbons (Fsp3) is 0.333. The van der Waals surface area contributed by atoms with E-state index in [0.29, 0.717) is 48.4 Å². The van der Waals surface area contributed by atoms with Crippen molar-refractivity contribution in [3.63, 3.8) is 0 Å². The van der Waals surface area contributed by atoms with Crippen LogP contribution in [0.1, 0.15) is 18.9 Å². The van der Waals surface area contributed by atoms with Crippen molar-refractivity contribution in [1.82, 2.24) is 5.32 Å². The van der Waals surface area contributed by atoms with Gasteiger partial charge in [-0.1, -0.05) is 6.07 Å². The Hall–Kier alpha value is -3.42. The third-order valence-electron chi connectivity index (χ3n) is 4.71. The normalized spacial score (nSPS) is 13.7. The van der Waals surface area contributed by atoms with Crippen molar-refractivity contribution in [2.75, 3.05) is 31.5 Å². The summed E-state index contributed by atoms with van der Waals surface area (Å²) in [6.07, 6.45) is 0.179. The number of hydrogen-bond acceptors (Lipinski definition) is 6. The lowest BCUT2D eigenvalue weighted by Crippen LogP contribution is -2.33. The molecule has 8 nitrogen and oxygen atoms in total. The van der Waals surface area contributed by atoms with E-state index in [2.05, 4.69) is 5.32 Å². The maximum absolute atomic E-state index is 12.3. The van der Waals surface area contributed by atoms with Crippen LogP contribution in [0.5, 0.6) is 23.0 Å². The summed E-state index contributed by atoms with van der Waals surface area (Å²) in [4.78, 5) is 26.0. The SMILES string of the molecule is CC(=O)N(CCC(=O)NCc1ccc2c(c1)OCO2)c1ccc2c(c1)OCCO2. The Bertz CT molecular complexity index is 929. The van der Waals surface area contributed by atoms with Crippen LogP contribution in [0, 0.1) is 0 Å². The van der Waals surface area contributed by atoms with Gasteiger partial charge in [0.2, 0.25) is 18.6 Å². The van der Waals surface area contributed by atoms with Crippen LogP contribution in [0.4, 0.5) is 5.69 Å². The first-order chi connectivity index (χ1) is 14.1. The number of nitrogens with one attached hydrogen (secondary N) is 1. The number of anilines is 1. The van der Waals surface area contributed by atoms with Gasteiger partial charge in [0.05, 0.1) is 0 Å². The number of nitrogens with zero attached hydrogens (tertiary/aromatic N) is 1. The van der Waals surface area contributed by atoms with Gasteiger partial charge < -0.3 is 29.2 Å². The van der Waals surface area contributed by atoms with E-state index in [1.54, 1.807) is 23.1 Å². The highest BCUT2D eigenvalue weighted by molar-refractivity contribution is 5.92. The summed E-state index contributed by atoms with van der Waals surface area (Å²) < 4.78 is 21.7. The molecule has 0 saturated heterocycles. The minimum Gasteiger partial charge on any atom is -0.486 e. The first kappa shape index (κ1) is 18.9. The molecular formula is C21H22N2O6. The van der Waals surface area contributed by atoms with Crippen LogP contribution in [0.2, 0.25) is 0 Å². The summed E-state index contributed by atoms with van der Waals surface area (Å²) in [5, 5.41) is 2.87. The summed E-state index contributed by atoms with van der Waals surface area (Å²) in [7, 11) is 0. The van der Waals surface area contributed by atoms with E-state index < -0.39 is 0 Å².